The fraction of sp³-hybridized carbons (Fsp3) is 0.259. The van der Waals surface area contributed by atoms with E-state index < -0.39 is 5.41 Å². The number of fused-ring (bicyclic) bond motifs is 1. The van der Waals surface area contributed by atoms with Crippen LogP contribution in [-0.4, -0.2) is 11.7 Å². The molecule has 2 atom stereocenters. The highest BCUT2D eigenvalue weighted by Gasteiger charge is 2.56. The van der Waals surface area contributed by atoms with Crippen LogP contribution in [0.4, 0.5) is 10.1 Å². The number of hydrogen-bond acceptors (Lipinski definition) is 2. The van der Waals surface area contributed by atoms with Crippen molar-refractivity contribution in [2.75, 3.05) is 4.90 Å². The third kappa shape index (κ3) is 3.49. The minimum Gasteiger partial charge on any atom is -0.307 e. The van der Waals surface area contributed by atoms with Crippen LogP contribution in [0.25, 0.3) is 0 Å². The summed E-state index contributed by atoms with van der Waals surface area (Å²) in [6.45, 7) is 0.370. The molecule has 0 saturated heterocycles. The van der Waals surface area contributed by atoms with Gasteiger partial charge in [-0.25, -0.2) is 4.39 Å². The molecular formula is C27H23BrFNO2. The first-order chi connectivity index (χ1) is 15.5. The molecule has 0 radical (unpaired) electrons. The van der Waals surface area contributed by atoms with E-state index in [9.17, 15) is 14.0 Å². The molecule has 0 N–H and O–H groups in total. The van der Waals surface area contributed by atoms with Crippen molar-refractivity contribution < 1.29 is 14.0 Å². The second-order valence-corrected chi connectivity index (χ2v) is 9.61. The molecule has 1 saturated carbocycles. The van der Waals surface area contributed by atoms with Crippen molar-refractivity contribution in [1.82, 2.24) is 0 Å². The average Bonchev–Trinajstić information content (AvgIpc) is 3.33. The second kappa shape index (κ2) is 8.28. The van der Waals surface area contributed by atoms with Gasteiger partial charge in [0, 0.05) is 23.0 Å². The summed E-state index contributed by atoms with van der Waals surface area (Å²) in [4.78, 5) is 28.4. The van der Waals surface area contributed by atoms with Crippen LogP contribution in [0.2, 0.25) is 0 Å². The predicted octanol–water partition coefficient (Wildman–Crippen LogP) is 5.98. The highest BCUT2D eigenvalue weighted by Crippen LogP contribution is 2.53. The summed E-state index contributed by atoms with van der Waals surface area (Å²) >= 11 is 3.66. The fourth-order valence-corrected chi connectivity index (χ4v) is 5.79. The fourth-order valence-electron chi connectivity index (χ4n) is 5.37. The molecule has 5 rings (SSSR count). The van der Waals surface area contributed by atoms with Crippen LogP contribution in [0.5, 0.6) is 0 Å². The second-order valence-electron chi connectivity index (χ2n) is 8.75. The van der Waals surface area contributed by atoms with Crippen molar-refractivity contribution in [3.05, 3.63) is 99.8 Å². The van der Waals surface area contributed by atoms with Gasteiger partial charge in [0.15, 0.2) is 0 Å². The monoisotopic (exact) mass is 491 g/mol. The van der Waals surface area contributed by atoms with Gasteiger partial charge >= 0.3 is 0 Å². The van der Waals surface area contributed by atoms with Crippen molar-refractivity contribution >= 4 is 33.3 Å². The molecule has 0 unspecified atom stereocenters. The molecule has 2 aliphatic rings. The van der Waals surface area contributed by atoms with Crippen LogP contribution in [0.3, 0.4) is 0 Å². The first-order valence-corrected chi connectivity index (χ1v) is 11.7. The van der Waals surface area contributed by atoms with E-state index in [4.69, 9.17) is 0 Å². The van der Waals surface area contributed by atoms with Gasteiger partial charge in [-0.1, -0.05) is 64.5 Å². The maximum absolute atomic E-state index is 14.3. The Balaban J connectivity index is 1.63. The van der Waals surface area contributed by atoms with Crippen molar-refractivity contribution in [3.8, 4) is 0 Å². The minimum absolute atomic E-state index is 0.0264. The molecule has 0 bridgehead atoms. The predicted molar refractivity (Wildman–Crippen MR) is 126 cm³/mol. The van der Waals surface area contributed by atoms with E-state index in [0.717, 1.165) is 26.9 Å². The Morgan fingerprint density at radius 3 is 2.41 bits per heavy atom. The molecular weight excluding hydrogens is 469 g/mol. The van der Waals surface area contributed by atoms with Gasteiger partial charge in [0.25, 0.3) is 0 Å². The zero-order valence-corrected chi connectivity index (χ0v) is 19.1. The lowest BCUT2D eigenvalue weighted by molar-refractivity contribution is -0.125. The Morgan fingerprint density at radius 1 is 0.969 bits per heavy atom. The summed E-state index contributed by atoms with van der Waals surface area (Å²) in [6, 6.07) is 22.2. The zero-order chi connectivity index (χ0) is 22.3. The Labute approximate surface area is 195 Å². The smallest absolute Gasteiger partial charge is 0.238 e. The highest BCUT2D eigenvalue weighted by atomic mass is 79.9. The number of ketones is 1. The molecule has 1 amide bonds. The number of para-hydroxylation sites is 1. The first kappa shape index (κ1) is 21.1. The number of hydrogen-bond donors (Lipinski definition) is 0. The third-order valence-corrected chi connectivity index (χ3v) is 7.70. The van der Waals surface area contributed by atoms with E-state index >= 15 is 0 Å². The summed E-state index contributed by atoms with van der Waals surface area (Å²) < 4.78 is 14.4. The van der Waals surface area contributed by atoms with E-state index in [2.05, 4.69) is 15.9 Å². The Hall–Kier alpha value is -2.79. The van der Waals surface area contributed by atoms with Crippen LogP contribution < -0.4 is 4.90 Å². The van der Waals surface area contributed by atoms with E-state index in [1.54, 1.807) is 12.1 Å². The number of nitrogens with zero attached hydrogens (tertiary/aromatic N) is 1. The molecule has 1 fully saturated rings. The van der Waals surface area contributed by atoms with Crippen LogP contribution in [0.1, 0.15) is 36.0 Å². The van der Waals surface area contributed by atoms with Crippen molar-refractivity contribution in [1.29, 1.82) is 0 Å². The lowest BCUT2D eigenvalue weighted by Gasteiger charge is -2.35. The maximum Gasteiger partial charge on any atom is 0.238 e. The number of Topliss-reactive ketones (excluding diaryl/α,β-unsaturated/α-hetero) is 1. The molecule has 0 aromatic heterocycles. The quantitative estimate of drug-likeness (QED) is 0.439. The lowest BCUT2D eigenvalue weighted by Crippen LogP contribution is -2.46. The standard InChI is InChI=1S/C27H23BrFNO2/c28-24-7-3-1-5-19(24)16-27(20-11-14-22(31)15-20)23-6-2-4-8-25(23)30(26(27)32)17-18-9-12-21(29)13-10-18/h1-10,12-13,20H,11,14-17H2/t20-,27-/m0/s1. The van der Waals surface area contributed by atoms with Crippen LogP contribution in [0, 0.1) is 11.7 Å². The van der Waals surface area contributed by atoms with Gasteiger partial charge in [0.1, 0.15) is 11.6 Å². The molecule has 5 heteroatoms. The van der Waals surface area contributed by atoms with Gasteiger partial charge in [-0.2, -0.15) is 0 Å². The molecule has 1 heterocycles. The van der Waals surface area contributed by atoms with Crippen molar-refractivity contribution in [2.24, 2.45) is 5.92 Å². The van der Waals surface area contributed by atoms with Gasteiger partial charge in [-0.3, -0.25) is 9.59 Å². The number of anilines is 1. The number of carbonyl (C=O) groups is 2. The van der Waals surface area contributed by atoms with Crippen LogP contribution in [0.15, 0.2) is 77.3 Å². The Bertz CT molecular complexity index is 1190. The van der Waals surface area contributed by atoms with E-state index in [1.807, 2.05) is 53.4 Å². The van der Waals surface area contributed by atoms with Gasteiger partial charge < -0.3 is 4.90 Å². The summed E-state index contributed by atoms with van der Waals surface area (Å²) in [5.41, 5.74) is 3.00. The largest absolute Gasteiger partial charge is 0.307 e. The normalized spacial score (nSPS) is 22.4. The molecule has 1 aliphatic heterocycles. The molecule has 3 nitrogen and oxygen atoms in total. The molecule has 1 aliphatic carbocycles. The SMILES string of the molecule is O=C1CC[C@H]([C@]2(Cc3ccccc3Br)C(=O)N(Cc3ccc(F)cc3)c3ccccc32)C1. The topological polar surface area (TPSA) is 37.4 Å². The minimum atomic E-state index is -0.799. The first-order valence-electron chi connectivity index (χ1n) is 10.9. The van der Waals surface area contributed by atoms with Crippen LogP contribution in [-0.2, 0) is 28.0 Å². The number of amides is 1. The van der Waals surface area contributed by atoms with E-state index in [1.165, 1.54) is 12.1 Å². The number of halogens is 2. The maximum atomic E-state index is 14.3. The van der Waals surface area contributed by atoms with Crippen molar-refractivity contribution in [3.63, 3.8) is 0 Å². The Kier molecular flexibility index (Phi) is 5.46. The van der Waals surface area contributed by atoms with Crippen molar-refractivity contribution in [2.45, 2.75) is 37.6 Å². The number of rotatable bonds is 5. The van der Waals surface area contributed by atoms with E-state index in [-0.39, 0.29) is 23.4 Å². The highest BCUT2D eigenvalue weighted by molar-refractivity contribution is 9.10. The molecule has 3 aromatic rings. The molecule has 3 aromatic carbocycles. The van der Waals surface area contributed by atoms with Crippen LogP contribution >= 0.6 is 15.9 Å². The summed E-state index contributed by atoms with van der Waals surface area (Å²) in [7, 11) is 0. The van der Waals surface area contributed by atoms with Gasteiger partial charge in [-0.15, -0.1) is 0 Å². The number of benzene rings is 3. The van der Waals surface area contributed by atoms with E-state index in [0.29, 0.717) is 32.2 Å². The summed E-state index contributed by atoms with van der Waals surface area (Å²) in [6.07, 6.45) is 2.20. The molecule has 0 spiro atoms. The number of carbonyl (C=O) groups excluding carboxylic acids is 2. The van der Waals surface area contributed by atoms with Gasteiger partial charge in [0.05, 0.1) is 12.0 Å². The Morgan fingerprint density at radius 2 is 1.69 bits per heavy atom. The third-order valence-electron chi connectivity index (χ3n) is 6.93. The van der Waals surface area contributed by atoms with Gasteiger partial charge in [0.2, 0.25) is 5.91 Å². The molecule has 162 valence electrons. The van der Waals surface area contributed by atoms with Gasteiger partial charge in [-0.05, 0) is 59.7 Å². The summed E-state index contributed by atoms with van der Waals surface area (Å²) in [5.74, 6) is -0.0918. The summed E-state index contributed by atoms with van der Waals surface area (Å²) in [5, 5.41) is 0. The molecule has 32 heavy (non-hydrogen) atoms. The lowest BCUT2D eigenvalue weighted by atomic mass is 9.66. The average molecular weight is 492 g/mol. The zero-order valence-electron chi connectivity index (χ0n) is 17.6.